The number of piperidine rings is 1. The van der Waals surface area contributed by atoms with E-state index in [-0.39, 0.29) is 29.6 Å². The summed E-state index contributed by atoms with van der Waals surface area (Å²) in [6, 6.07) is 18.5. The quantitative estimate of drug-likeness (QED) is 0.448. The lowest BCUT2D eigenvalue weighted by molar-refractivity contribution is -0.134. The normalized spacial score (nSPS) is 19.6. The molecule has 0 spiro atoms. The number of likely N-dealkylation sites (tertiary alicyclic amines) is 1. The van der Waals surface area contributed by atoms with Crippen molar-refractivity contribution in [2.45, 2.75) is 25.0 Å². The Bertz CT molecular complexity index is 1440. The van der Waals surface area contributed by atoms with Crippen LogP contribution in [0.2, 0.25) is 0 Å². The fourth-order valence-electron chi connectivity index (χ4n) is 4.83. The number of fused-ring (bicyclic) bond motifs is 1. The molecular weight excluding hydrogens is 446 g/mol. The van der Waals surface area contributed by atoms with Crippen molar-refractivity contribution in [3.63, 3.8) is 0 Å². The van der Waals surface area contributed by atoms with Crippen molar-refractivity contribution in [1.29, 1.82) is 0 Å². The molecule has 2 aromatic carbocycles. The van der Waals surface area contributed by atoms with Gasteiger partial charge in [-0.2, -0.15) is 0 Å². The van der Waals surface area contributed by atoms with Crippen molar-refractivity contribution >= 4 is 22.8 Å². The number of hydrogen-bond donors (Lipinski definition) is 1. The Kier molecular flexibility index (Phi) is 5.26. The average Bonchev–Trinajstić information content (AvgIpc) is 3.68. The van der Waals surface area contributed by atoms with Gasteiger partial charge in [-0.25, -0.2) is 9.78 Å². The molecule has 0 bridgehead atoms. The topological polar surface area (TPSA) is 108 Å². The molecule has 178 valence electrons. The average molecular weight is 472 g/mol. The van der Waals surface area contributed by atoms with E-state index in [1.54, 1.807) is 21.4 Å². The van der Waals surface area contributed by atoms with E-state index in [0.29, 0.717) is 42.2 Å². The molecule has 0 radical (unpaired) electrons. The Hall–Kier alpha value is -4.11. The van der Waals surface area contributed by atoms with Crippen molar-refractivity contribution in [2.24, 2.45) is 0 Å². The number of amides is 1. The highest BCUT2D eigenvalue weighted by atomic mass is 16.6. The van der Waals surface area contributed by atoms with Crippen molar-refractivity contribution in [3.8, 4) is 17.2 Å². The van der Waals surface area contributed by atoms with Gasteiger partial charge in [0, 0.05) is 19.3 Å². The maximum absolute atomic E-state index is 13.8. The molecule has 9 nitrogen and oxygen atoms in total. The van der Waals surface area contributed by atoms with E-state index >= 15 is 0 Å². The molecule has 2 N–H and O–H groups in total. The summed E-state index contributed by atoms with van der Waals surface area (Å²) in [5.41, 5.74) is 7.98. The second kappa shape index (κ2) is 8.59. The van der Waals surface area contributed by atoms with Gasteiger partial charge in [0.05, 0.1) is 23.9 Å². The molecule has 35 heavy (non-hydrogen) atoms. The van der Waals surface area contributed by atoms with Crippen LogP contribution in [0.3, 0.4) is 0 Å². The van der Waals surface area contributed by atoms with Crippen LogP contribution in [-0.2, 0) is 9.53 Å². The maximum atomic E-state index is 13.8. The van der Waals surface area contributed by atoms with Gasteiger partial charge in [-0.3, -0.25) is 13.9 Å². The van der Waals surface area contributed by atoms with Crippen molar-refractivity contribution in [3.05, 3.63) is 77.3 Å². The highest BCUT2D eigenvalue weighted by Crippen LogP contribution is 2.30. The van der Waals surface area contributed by atoms with Gasteiger partial charge < -0.3 is 20.1 Å². The second-order valence-corrected chi connectivity index (χ2v) is 8.86. The summed E-state index contributed by atoms with van der Waals surface area (Å²) in [7, 11) is 0. The fourth-order valence-corrected chi connectivity index (χ4v) is 4.83. The number of rotatable bonds is 5. The van der Waals surface area contributed by atoms with Crippen LogP contribution in [0.1, 0.15) is 18.9 Å². The maximum Gasteiger partial charge on any atom is 0.334 e. The molecule has 0 saturated carbocycles. The third-order valence-corrected chi connectivity index (χ3v) is 6.57. The summed E-state index contributed by atoms with van der Waals surface area (Å²) >= 11 is 0. The van der Waals surface area contributed by atoms with E-state index in [9.17, 15) is 9.59 Å². The smallest absolute Gasteiger partial charge is 0.334 e. The number of carbonyl (C=O) groups is 1. The van der Waals surface area contributed by atoms with Crippen LogP contribution in [0.15, 0.2) is 71.7 Å². The molecule has 9 heteroatoms. The largest absolute Gasteiger partial charge is 0.457 e. The molecule has 6 rings (SSSR count). The first-order chi connectivity index (χ1) is 17.1. The minimum Gasteiger partial charge on any atom is -0.457 e. The van der Waals surface area contributed by atoms with Gasteiger partial charge >= 0.3 is 5.69 Å². The zero-order chi connectivity index (χ0) is 23.9. The number of imidazole rings is 1. The number of carbonyl (C=O) groups excluding carboxylic acids is 1. The molecule has 2 saturated heterocycles. The molecule has 2 aliphatic rings. The summed E-state index contributed by atoms with van der Waals surface area (Å²) in [6.45, 7) is 1.62. The monoisotopic (exact) mass is 471 g/mol. The summed E-state index contributed by atoms with van der Waals surface area (Å²) in [5.74, 6) is 1.67. The SMILES string of the molecule is Nc1nccc2c1n(-c1ccc(Oc3ccccc3)cc1)c(=O)n2[C@H]1CCCN(C(=O)C2CO2)C1. The van der Waals surface area contributed by atoms with Crippen molar-refractivity contribution in [2.75, 3.05) is 25.4 Å². The summed E-state index contributed by atoms with van der Waals surface area (Å²) < 4.78 is 14.4. The van der Waals surface area contributed by atoms with Gasteiger partial charge in [0.2, 0.25) is 0 Å². The van der Waals surface area contributed by atoms with Crippen LogP contribution in [0, 0.1) is 0 Å². The number of benzene rings is 2. The number of nitrogen functional groups attached to an aromatic ring is 1. The van der Waals surface area contributed by atoms with Gasteiger partial charge in [0.15, 0.2) is 6.10 Å². The zero-order valence-corrected chi connectivity index (χ0v) is 19.0. The minimum absolute atomic E-state index is 0.00155. The first kappa shape index (κ1) is 21.4. The van der Waals surface area contributed by atoms with Crippen LogP contribution in [0.4, 0.5) is 5.82 Å². The number of para-hydroxylation sites is 1. The van der Waals surface area contributed by atoms with Gasteiger partial charge in [0.1, 0.15) is 22.8 Å². The van der Waals surface area contributed by atoms with E-state index in [1.165, 1.54) is 0 Å². The number of anilines is 1. The summed E-state index contributed by atoms with van der Waals surface area (Å²) in [6.07, 6.45) is 2.89. The first-order valence-corrected chi connectivity index (χ1v) is 11.7. The number of pyridine rings is 1. The van der Waals surface area contributed by atoms with E-state index in [2.05, 4.69) is 4.98 Å². The van der Waals surface area contributed by atoms with Crippen LogP contribution in [0.5, 0.6) is 11.5 Å². The minimum atomic E-state index is -0.330. The summed E-state index contributed by atoms with van der Waals surface area (Å²) in [4.78, 5) is 32.5. The fraction of sp³-hybridized carbons (Fsp3) is 0.269. The molecule has 1 unspecified atom stereocenters. The predicted molar refractivity (Wildman–Crippen MR) is 131 cm³/mol. The van der Waals surface area contributed by atoms with Crippen LogP contribution >= 0.6 is 0 Å². The molecule has 1 amide bonds. The van der Waals surface area contributed by atoms with Gasteiger partial charge in [-0.05, 0) is 55.3 Å². The van der Waals surface area contributed by atoms with E-state index in [1.807, 2.05) is 59.5 Å². The second-order valence-electron chi connectivity index (χ2n) is 8.86. The number of nitrogens with zero attached hydrogens (tertiary/aromatic N) is 4. The lowest BCUT2D eigenvalue weighted by atomic mass is 10.0. The number of ether oxygens (including phenoxy) is 2. The van der Waals surface area contributed by atoms with Gasteiger partial charge in [-0.1, -0.05) is 18.2 Å². The molecule has 4 heterocycles. The van der Waals surface area contributed by atoms with Crippen LogP contribution in [0.25, 0.3) is 16.7 Å². The molecule has 0 aliphatic carbocycles. The highest BCUT2D eigenvalue weighted by molar-refractivity contribution is 5.87. The lowest BCUT2D eigenvalue weighted by Crippen LogP contribution is -2.44. The Morgan fingerprint density at radius 2 is 1.80 bits per heavy atom. The molecule has 4 aromatic rings. The van der Waals surface area contributed by atoms with Gasteiger partial charge in [-0.15, -0.1) is 0 Å². The van der Waals surface area contributed by atoms with Gasteiger partial charge in [0.25, 0.3) is 5.91 Å². The van der Waals surface area contributed by atoms with E-state index in [4.69, 9.17) is 15.2 Å². The summed E-state index contributed by atoms with van der Waals surface area (Å²) in [5, 5.41) is 0. The molecule has 2 aromatic heterocycles. The van der Waals surface area contributed by atoms with Crippen molar-refractivity contribution < 1.29 is 14.3 Å². The first-order valence-electron chi connectivity index (χ1n) is 11.7. The Labute approximate surface area is 201 Å². The highest BCUT2D eigenvalue weighted by Gasteiger charge is 2.38. The Morgan fingerprint density at radius 1 is 1.06 bits per heavy atom. The number of aromatic nitrogens is 3. The van der Waals surface area contributed by atoms with E-state index in [0.717, 1.165) is 18.6 Å². The Balaban J connectivity index is 1.38. The lowest BCUT2D eigenvalue weighted by Gasteiger charge is -2.33. The predicted octanol–water partition coefficient (Wildman–Crippen LogP) is 3.12. The number of epoxide rings is 1. The van der Waals surface area contributed by atoms with Crippen LogP contribution < -0.4 is 16.2 Å². The zero-order valence-electron chi connectivity index (χ0n) is 19.0. The third-order valence-electron chi connectivity index (χ3n) is 6.57. The van der Waals surface area contributed by atoms with E-state index < -0.39 is 0 Å². The molecular formula is C26H25N5O4. The van der Waals surface area contributed by atoms with Crippen molar-refractivity contribution in [1.82, 2.24) is 19.0 Å². The Morgan fingerprint density at radius 3 is 2.54 bits per heavy atom. The molecule has 2 atom stereocenters. The van der Waals surface area contributed by atoms with Crippen LogP contribution in [-0.4, -0.2) is 50.7 Å². The molecule has 2 fully saturated rings. The number of hydrogen-bond acceptors (Lipinski definition) is 6. The third kappa shape index (κ3) is 3.93. The standard InChI is InChI=1S/C26H25N5O4/c27-24-23-21(12-13-28-24)30(18-5-4-14-29(15-18)25(32)22-16-34-22)26(33)31(23)17-8-10-20(11-9-17)35-19-6-2-1-3-7-19/h1-3,6-13,18,22H,4-5,14-16H2,(H2,27,28)/t18-,22?/m0/s1. The number of nitrogens with two attached hydrogens (primary N) is 1. The molecule has 2 aliphatic heterocycles.